The van der Waals surface area contributed by atoms with Crippen molar-refractivity contribution in [3.05, 3.63) is 62.2 Å². The van der Waals surface area contributed by atoms with Crippen molar-refractivity contribution >= 4 is 23.2 Å². The fourth-order valence-corrected chi connectivity index (χ4v) is 3.21. The van der Waals surface area contributed by atoms with Crippen LogP contribution in [-0.2, 0) is 9.53 Å². The van der Waals surface area contributed by atoms with Crippen molar-refractivity contribution in [1.82, 2.24) is 9.97 Å². The molecule has 2 unspecified atom stereocenters. The minimum absolute atomic E-state index is 0.116. The van der Waals surface area contributed by atoms with E-state index >= 15 is 0 Å². The Kier molecular flexibility index (Phi) is 4.61. The number of hydrogen-bond acceptors (Lipinski definition) is 7. The number of H-pyrrole nitrogens is 1. The van der Waals surface area contributed by atoms with Crippen molar-refractivity contribution < 1.29 is 14.5 Å². The number of ether oxygens (including phenoxy) is 1. The molecule has 1 aliphatic heterocycles. The van der Waals surface area contributed by atoms with E-state index in [2.05, 4.69) is 15.0 Å². The van der Waals surface area contributed by atoms with Crippen LogP contribution in [0, 0.1) is 16.0 Å². The largest absolute Gasteiger partial charge is 0.465 e. The van der Waals surface area contributed by atoms with E-state index < -0.39 is 28.3 Å². The molecule has 134 valence electrons. The van der Waals surface area contributed by atoms with Crippen molar-refractivity contribution in [3.63, 3.8) is 0 Å². The van der Waals surface area contributed by atoms with E-state index in [1.54, 1.807) is 19.9 Å². The van der Waals surface area contributed by atoms with Crippen molar-refractivity contribution in [1.29, 1.82) is 0 Å². The van der Waals surface area contributed by atoms with E-state index in [1.807, 2.05) is 0 Å². The van der Waals surface area contributed by atoms with Crippen molar-refractivity contribution in [3.8, 4) is 0 Å². The number of carbonyl (C=O) groups is 1. The summed E-state index contributed by atoms with van der Waals surface area (Å²) in [6, 6.07) is 6.02. The quantitative estimate of drug-likeness (QED) is 0.507. The lowest BCUT2D eigenvalue weighted by Gasteiger charge is -2.29. The minimum atomic E-state index is -0.950. The fourth-order valence-electron chi connectivity index (χ4n) is 3.21. The van der Waals surface area contributed by atoms with Crippen LogP contribution in [-0.4, -0.2) is 33.2 Å². The molecular formula is C17H16N4O5. The SMILES string of the molecule is CCOC(=O)C1C(C)=Nc2nc[nH]c(=O)c2C1c1ccccc1[N+](=O)[O-]. The number of fused-ring (bicyclic) bond motifs is 1. The van der Waals surface area contributed by atoms with Gasteiger partial charge in [0.25, 0.3) is 11.2 Å². The van der Waals surface area contributed by atoms with Crippen molar-refractivity contribution in [2.45, 2.75) is 19.8 Å². The summed E-state index contributed by atoms with van der Waals surface area (Å²) in [7, 11) is 0. The summed E-state index contributed by atoms with van der Waals surface area (Å²) >= 11 is 0. The molecule has 1 aromatic heterocycles. The highest BCUT2D eigenvalue weighted by Gasteiger charge is 2.43. The van der Waals surface area contributed by atoms with Crippen LogP contribution in [0.3, 0.4) is 0 Å². The Morgan fingerprint density at radius 3 is 2.81 bits per heavy atom. The Labute approximate surface area is 147 Å². The second-order valence-corrected chi connectivity index (χ2v) is 5.75. The van der Waals surface area contributed by atoms with Crippen LogP contribution in [0.2, 0.25) is 0 Å². The Hall–Kier alpha value is -3.36. The first-order chi connectivity index (χ1) is 12.5. The molecule has 2 aromatic rings. The number of aliphatic imine (C=N–C) groups is 1. The number of nitrogens with one attached hydrogen (secondary N) is 1. The maximum atomic E-state index is 12.6. The molecule has 0 amide bonds. The molecule has 1 N–H and O–H groups in total. The van der Waals surface area contributed by atoms with Crippen molar-refractivity contribution in [2.24, 2.45) is 10.9 Å². The zero-order chi connectivity index (χ0) is 18.8. The smallest absolute Gasteiger partial charge is 0.315 e. The molecular weight excluding hydrogens is 340 g/mol. The van der Waals surface area contributed by atoms with E-state index in [0.717, 1.165) is 0 Å². The summed E-state index contributed by atoms with van der Waals surface area (Å²) in [6.07, 6.45) is 1.21. The summed E-state index contributed by atoms with van der Waals surface area (Å²) in [5, 5.41) is 11.5. The number of para-hydroxylation sites is 1. The van der Waals surface area contributed by atoms with Crippen LogP contribution in [0.25, 0.3) is 0 Å². The van der Waals surface area contributed by atoms with Gasteiger partial charge in [-0.15, -0.1) is 0 Å². The summed E-state index contributed by atoms with van der Waals surface area (Å²) in [5.41, 5.74) is 0.0617. The highest BCUT2D eigenvalue weighted by Crippen LogP contribution is 2.42. The van der Waals surface area contributed by atoms with Gasteiger partial charge in [-0.25, -0.2) is 9.98 Å². The normalized spacial score (nSPS) is 18.6. The molecule has 0 fully saturated rings. The Balaban J connectivity index is 2.31. The number of nitro groups is 1. The topological polar surface area (TPSA) is 128 Å². The highest BCUT2D eigenvalue weighted by atomic mass is 16.6. The van der Waals surface area contributed by atoms with Gasteiger partial charge in [-0.3, -0.25) is 19.7 Å². The van der Waals surface area contributed by atoms with Crippen LogP contribution in [0.4, 0.5) is 11.5 Å². The number of esters is 1. The molecule has 0 spiro atoms. The number of rotatable bonds is 4. The number of nitro benzene ring substituents is 1. The van der Waals surface area contributed by atoms with Gasteiger partial charge in [-0.05, 0) is 13.8 Å². The fraction of sp³-hybridized carbons (Fsp3) is 0.294. The predicted molar refractivity (Wildman–Crippen MR) is 92.7 cm³/mol. The van der Waals surface area contributed by atoms with Gasteiger partial charge in [0.2, 0.25) is 0 Å². The van der Waals surface area contributed by atoms with Gasteiger partial charge in [-0.1, -0.05) is 18.2 Å². The number of aromatic amines is 1. The highest BCUT2D eigenvalue weighted by molar-refractivity contribution is 6.05. The molecule has 0 saturated heterocycles. The molecule has 2 heterocycles. The summed E-state index contributed by atoms with van der Waals surface area (Å²) in [4.78, 5) is 46.8. The summed E-state index contributed by atoms with van der Waals surface area (Å²) in [5.74, 6) is -2.31. The molecule has 0 saturated carbocycles. The number of carbonyl (C=O) groups excluding carboxylic acids is 1. The zero-order valence-electron chi connectivity index (χ0n) is 14.1. The predicted octanol–water partition coefficient (Wildman–Crippen LogP) is 2.10. The lowest BCUT2D eigenvalue weighted by atomic mass is 9.76. The van der Waals surface area contributed by atoms with Gasteiger partial charge in [0.15, 0.2) is 5.82 Å². The van der Waals surface area contributed by atoms with Crippen LogP contribution >= 0.6 is 0 Å². The van der Waals surface area contributed by atoms with Gasteiger partial charge >= 0.3 is 5.97 Å². The number of benzene rings is 1. The Morgan fingerprint density at radius 2 is 2.12 bits per heavy atom. The van der Waals surface area contributed by atoms with Crippen LogP contribution in [0.15, 0.2) is 40.4 Å². The monoisotopic (exact) mass is 356 g/mol. The van der Waals surface area contributed by atoms with E-state index in [0.29, 0.717) is 5.71 Å². The first-order valence-electron chi connectivity index (χ1n) is 7.98. The van der Waals surface area contributed by atoms with Gasteiger partial charge in [0, 0.05) is 23.3 Å². The summed E-state index contributed by atoms with van der Waals surface area (Å²) < 4.78 is 5.14. The van der Waals surface area contributed by atoms with Crippen LogP contribution < -0.4 is 5.56 Å². The lowest BCUT2D eigenvalue weighted by molar-refractivity contribution is -0.385. The molecule has 26 heavy (non-hydrogen) atoms. The molecule has 1 aliphatic rings. The van der Waals surface area contributed by atoms with Crippen LogP contribution in [0.1, 0.15) is 30.9 Å². The molecule has 3 rings (SSSR count). The van der Waals surface area contributed by atoms with E-state index in [9.17, 15) is 19.7 Å². The van der Waals surface area contributed by atoms with Gasteiger partial charge in [-0.2, -0.15) is 0 Å². The Bertz CT molecular complexity index is 966. The van der Waals surface area contributed by atoms with E-state index in [1.165, 1.54) is 24.5 Å². The first kappa shape index (κ1) is 17.5. The standard InChI is InChI=1S/C17H16N4O5/c1-3-26-17(23)12-9(2)20-15-14(16(22)19-8-18-15)13(12)10-6-4-5-7-11(10)21(24)25/h4-8,12-13H,3H2,1-2H3,(H,18,19,22). The number of aromatic nitrogens is 2. The number of nitrogens with zero attached hydrogens (tertiary/aromatic N) is 3. The molecule has 0 bridgehead atoms. The maximum Gasteiger partial charge on any atom is 0.315 e. The first-order valence-corrected chi connectivity index (χ1v) is 7.98. The summed E-state index contributed by atoms with van der Waals surface area (Å²) in [6.45, 7) is 3.42. The second kappa shape index (κ2) is 6.87. The van der Waals surface area contributed by atoms with E-state index in [4.69, 9.17) is 4.74 Å². The average Bonchev–Trinajstić information content (AvgIpc) is 2.60. The maximum absolute atomic E-state index is 12.6. The molecule has 9 nitrogen and oxygen atoms in total. The van der Waals surface area contributed by atoms with E-state index in [-0.39, 0.29) is 29.2 Å². The van der Waals surface area contributed by atoms with Crippen molar-refractivity contribution in [2.75, 3.05) is 6.61 Å². The Morgan fingerprint density at radius 1 is 1.38 bits per heavy atom. The number of hydrogen-bond donors (Lipinski definition) is 1. The zero-order valence-corrected chi connectivity index (χ0v) is 14.1. The van der Waals surface area contributed by atoms with Crippen LogP contribution in [0.5, 0.6) is 0 Å². The third-order valence-corrected chi connectivity index (χ3v) is 4.25. The lowest BCUT2D eigenvalue weighted by Crippen LogP contribution is -2.36. The third-order valence-electron chi connectivity index (χ3n) is 4.25. The van der Waals surface area contributed by atoms with Gasteiger partial charge in [0.05, 0.1) is 23.4 Å². The second-order valence-electron chi connectivity index (χ2n) is 5.75. The van der Waals surface area contributed by atoms with Gasteiger partial charge in [0.1, 0.15) is 5.92 Å². The molecule has 0 aliphatic carbocycles. The molecule has 9 heteroatoms. The molecule has 0 radical (unpaired) electrons. The molecule has 2 atom stereocenters. The average molecular weight is 356 g/mol. The molecule has 1 aromatic carbocycles. The third kappa shape index (κ3) is 2.87. The minimum Gasteiger partial charge on any atom is -0.465 e. The van der Waals surface area contributed by atoms with Gasteiger partial charge < -0.3 is 9.72 Å².